The van der Waals surface area contributed by atoms with Gasteiger partial charge in [-0.15, -0.1) is 0 Å². The molecule has 0 unspecified atom stereocenters. The Morgan fingerprint density at radius 2 is 1.63 bits per heavy atom. The van der Waals surface area contributed by atoms with Crippen LogP contribution >= 0.6 is 0 Å². The topological polar surface area (TPSA) is 104 Å². The van der Waals surface area contributed by atoms with E-state index in [4.69, 9.17) is 14.2 Å². The molecule has 3 aromatic carbocycles. The summed E-state index contributed by atoms with van der Waals surface area (Å²) in [5, 5.41) is 14.2. The minimum atomic E-state index is -0.755. The summed E-state index contributed by atoms with van der Waals surface area (Å²) in [5.41, 5.74) is 2.36. The number of nitrogens with one attached hydrogen (secondary N) is 1. The Kier molecular flexibility index (Phi) is 8.47. The molecule has 0 aliphatic carbocycles. The molecule has 0 saturated carbocycles. The van der Waals surface area contributed by atoms with E-state index >= 15 is 0 Å². The van der Waals surface area contributed by atoms with Gasteiger partial charge in [-0.2, -0.15) is 0 Å². The molecule has 4 aromatic rings. The van der Waals surface area contributed by atoms with Gasteiger partial charge in [0.05, 0.1) is 25.3 Å². The average Bonchev–Trinajstić information content (AvgIpc) is 3.45. The Bertz CT molecular complexity index is 1660. The van der Waals surface area contributed by atoms with Crippen molar-refractivity contribution in [3.63, 3.8) is 0 Å². The first-order valence-corrected chi connectivity index (χ1v) is 14.7. The zero-order chi connectivity index (χ0) is 29.9. The number of esters is 2. The van der Waals surface area contributed by atoms with Gasteiger partial charge in [-0.05, 0) is 53.4 Å². The van der Waals surface area contributed by atoms with Crippen LogP contribution in [0, 0.1) is 0 Å². The second kappa shape index (κ2) is 12.6. The predicted octanol–water partition coefficient (Wildman–Crippen LogP) is 4.54. The van der Waals surface area contributed by atoms with Crippen LogP contribution in [0.25, 0.3) is 21.7 Å². The van der Waals surface area contributed by atoms with E-state index in [1.54, 1.807) is 18.2 Å². The maximum Gasteiger partial charge on any atom is 0.354 e. The van der Waals surface area contributed by atoms with Crippen molar-refractivity contribution >= 4 is 33.6 Å². The highest BCUT2D eigenvalue weighted by molar-refractivity contribution is 6.01. The molecule has 3 aliphatic rings. The lowest BCUT2D eigenvalue weighted by Crippen LogP contribution is -2.59. The highest BCUT2D eigenvalue weighted by atomic mass is 16.5. The second-order valence-corrected chi connectivity index (χ2v) is 11.4. The molecule has 3 atom stereocenters. The van der Waals surface area contributed by atoms with E-state index in [9.17, 15) is 14.7 Å². The first-order chi connectivity index (χ1) is 20.9. The number of aliphatic hydroxyl groups is 1. The average molecular weight is 584 g/mol. The van der Waals surface area contributed by atoms with Crippen LogP contribution in [-0.2, 0) is 16.0 Å². The SMILES string of the molecule is COC(=O)c1cc(OC[C@@H](O)CN2C[C@@H]3C/C=C\C[C@H]2CN3Cc2ccc3ccccc3c2)c2cc(C(=O)OC)[nH]c2c1. The molecule has 0 radical (unpaired) electrons. The van der Waals surface area contributed by atoms with Gasteiger partial charge in [-0.3, -0.25) is 9.80 Å². The number of nitrogens with zero attached hydrogens (tertiary/aromatic N) is 2. The van der Waals surface area contributed by atoms with Crippen molar-refractivity contribution in [1.82, 2.24) is 14.8 Å². The van der Waals surface area contributed by atoms with Crippen molar-refractivity contribution in [2.24, 2.45) is 0 Å². The summed E-state index contributed by atoms with van der Waals surface area (Å²) in [6, 6.07) is 20.6. The number of aromatic amines is 1. The number of aliphatic hydroxyl groups excluding tert-OH is 1. The molecule has 9 nitrogen and oxygen atoms in total. The number of H-pyrrole nitrogens is 1. The molecule has 4 heterocycles. The number of piperazine rings is 1. The fourth-order valence-electron chi connectivity index (χ4n) is 6.30. The summed E-state index contributed by atoms with van der Waals surface area (Å²) in [5.74, 6) is -0.681. The van der Waals surface area contributed by atoms with Crippen LogP contribution in [-0.4, -0.2) is 90.5 Å². The van der Waals surface area contributed by atoms with Gasteiger partial charge < -0.3 is 24.3 Å². The summed E-state index contributed by atoms with van der Waals surface area (Å²) < 4.78 is 15.8. The van der Waals surface area contributed by atoms with Crippen LogP contribution in [0.15, 0.2) is 72.8 Å². The number of rotatable bonds is 9. The third-order valence-corrected chi connectivity index (χ3v) is 8.51. The molecule has 9 heteroatoms. The molecule has 43 heavy (non-hydrogen) atoms. The number of fused-ring (bicyclic) bond motifs is 6. The Labute approximate surface area is 250 Å². The molecular weight excluding hydrogens is 546 g/mol. The van der Waals surface area contributed by atoms with Crippen LogP contribution in [0.1, 0.15) is 39.3 Å². The first kappa shape index (κ1) is 28.9. The number of carbonyl (C=O) groups is 2. The summed E-state index contributed by atoms with van der Waals surface area (Å²) >= 11 is 0. The number of benzene rings is 3. The van der Waals surface area contributed by atoms with Gasteiger partial charge in [0.25, 0.3) is 0 Å². The largest absolute Gasteiger partial charge is 0.490 e. The number of hydrogen-bond acceptors (Lipinski definition) is 8. The van der Waals surface area contributed by atoms with Gasteiger partial charge in [0, 0.05) is 43.6 Å². The highest BCUT2D eigenvalue weighted by Gasteiger charge is 2.35. The van der Waals surface area contributed by atoms with Gasteiger partial charge in [0.2, 0.25) is 0 Å². The third kappa shape index (κ3) is 6.29. The van der Waals surface area contributed by atoms with Crippen molar-refractivity contribution in [3.05, 3.63) is 89.6 Å². The zero-order valence-electron chi connectivity index (χ0n) is 24.5. The van der Waals surface area contributed by atoms with Gasteiger partial charge in [0.1, 0.15) is 24.2 Å². The summed E-state index contributed by atoms with van der Waals surface area (Å²) in [4.78, 5) is 32.3. The van der Waals surface area contributed by atoms with E-state index in [0.717, 1.165) is 32.5 Å². The van der Waals surface area contributed by atoms with E-state index in [1.807, 2.05) is 0 Å². The Balaban J connectivity index is 1.13. The highest BCUT2D eigenvalue weighted by Crippen LogP contribution is 2.30. The van der Waals surface area contributed by atoms with Crippen molar-refractivity contribution in [1.29, 1.82) is 0 Å². The van der Waals surface area contributed by atoms with Crippen molar-refractivity contribution in [2.75, 3.05) is 40.5 Å². The van der Waals surface area contributed by atoms with Crippen LogP contribution in [0.4, 0.5) is 0 Å². The number of aromatic nitrogens is 1. The number of carbonyl (C=O) groups excluding carboxylic acids is 2. The molecule has 3 aliphatic heterocycles. The summed E-state index contributed by atoms with van der Waals surface area (Å²) in [7, 11) is 2.61. The molecule has 1 saturated heterocycles. The molecule has 7 rings (SSSR count). The van der Waals surface area contributed by atoms with Crippen molar-refractivity contribution < 1.29 is 28.9 Å². The van der Waals surface area contributed by atoms with Gasteiger partial charge in [-0.1, -0.05) is 48.6 Å². The van der Waals surface area contributed by atoms with Crippen molar-refractivity contribution in [3.8, 4) is 5.75 Å². The maximum atomic E-state index is 12.3. The van der Waals surface area contributed by atoms with E-state index in [1.165, 1.54) is 30.6 Å². The van der Waals surface area contributed by atoms with Gasteiger partial charge in [-0.25, -0.2) is 9.59 Å². The normalized spacial score (nSPS) is 20.4. The number of hydrogen-bond donors (Lipinski definition) is 2. The van der Waals surface area contributed by atoms with Crippen LogP contribution < -0.4 is 4.74 Å². The molecule has 2 bridgehead atoms. The minimum absolute atomic E-state index is 0.0307. The van der Waals surface area contributed by atoms with Crippen LogP contribution in [0.3, 0.4) is 0 Å². The third-order valence-electron chi connectivity index (χ3n) is 8.51. The predicted molar refractivity (Wildman–Crippen MR) is 164 cm³/mol. The smallest absolute Gasteiger partial charge is 0.354 e. The molecular formula is C34H37N3O6. The molecule has 0 amide bonds. The second-order valence-electron chi connectivity index (χ2n) is 11.4. The lowest BCUT2D eigenvalue weighted by molar-refractivity contribution is -0.0124. The standard InChI is InChI=1S/C34H37N3O6/c1-41-33(39)25-14-30-29(16-31(35-30)34(40)42-2)32(15-25)43-21-28(38)20-37-19-26-9-5-6-10-27(37)18-36(26)17-22-11-12-23-7-3-4-8-24(23)13-22/h3-8,11-16,26-28,35,38H,9-10,17-21H2,1-2H3/b6-5-/t26-,27-,28-/m0/s1. The molecule has 0 spiro atoms. The number of methoxy groups -OCH3 is 2. The van der Waals surface area contributed by atoms with Gasteiger partial charge in [0.15, 0.2) is 0 Å². The van der Waals surface area contributed by atoms with Crippen molar-refractivity contribution in [2.45, 2.75) is 37.6 Å². The van der Waals surface area contributed by atoms with E-state index in [0.29, 0.717) is 29.2 Å². The molecule has 224 valence electrons. The Morgan fingerprint density at radius 1 is 0.907 bits per heavy atom. The Hall–Kier alpha value is -4.18. The van der Waals surface area contributed by atoms with E-state index < -0.39 is 18.0 Å². The quantitative estimate of drug-likeness (QED) is 0.219. The lowest BCUT2D eigenvalue weighted by Gasteiger charge is -2.47. The zero-order valence-corrected chi connectivity index (χ0v) is 24.5. The minimum Gasteiger partial charge on any atom is -0.490 e. The first-order valence-electron chi connectivity index (χ1n) is 14.7. The molecule has 1 fully saturated rings. The monoisotopic (exact) mass is 583 g/mol. The van der Waals surface area contributed by atoms with Gasteiger partial charge >= 0.3 is 11.9 Å². The summed E-state index contributed by atoms with van der Waals surface area (Å²) in [6.45, 7) is 3.19. The van der Waals surface area contributed by atoms with Crippen LogP contribution in [0.5, 0.6) is 5.75 Å². The van der Waals surface area contributed by atoms with Crippen LogP contribution in [0.2, 0.25) is 0 Å². The fraction of sp³-hybridized carbons (Fsp3) is 0.353. The van der Waals surface area contributed by atoms with E-state index in [2.05, 4.69) is 69.4 Å². The van der Waals surface area contributed by atoms with E-state index in [-0.39, 0.29) is 23.9 Å². The molecule has 2 N–H and O–H groups in total. The molecule has 1 aromatic heterocycles. The lowest BCUT2D eigenvalue weighted by atomic mass is 9.96. The fourth-order valence-corrected chi connectivity index (χ4v) is 6.30. The maximum absolute atomic E-state index is 12.3. The Morgan fingerprint density at radius 3 is 2.40 bits per heavy atom. The number of ether oxygens (including phenoxy) is 3. The summed E-state index contributed by atoms with van der Waals surface area (Å²) in [6.07, 6.45) is 5.70.